The van der Waals surface area contributed by atoms with Gasteiger partial charge in [0.25, 0.3) is 0 Å². The van der Waals surface area contributed by atoms with Gasteiger partial charge in [0.1, 0.15) is 17.4 Å². The quantitative estimate of drug-likeness (QED) is 0.930. The second-order valence-electron chi connectivity index (χ2n) is 3.52. The molecule has 6 heteroatoms. The van der Waals surface area contributed by atoms with Crippen LogP contribution in [-0.2, 0) is 0 Å². The van der Waals surface area contributed by atoms with Gasteiger partial charge in [0.05, 0.1) is 10.6 Å². The standard InChI is InChI=1S/C13H7ClN2O3/c14-11-4-3-9(6-10(11)13(17)18)19-12-8(7-15)2-1-5-16-12/h1-6H,(H,17,18). The number of halogens is 1. The maximum Gasteiger partial charge on any atom is 0.337 e. The third kappa shape index (κ3) is 2.81. The van der Waals surface area contributed by atoms with Crippen molar-refractivity contribution in [1.82, 2.24) is 4.98 Å². The average molecular weight is 275 g/mol. The summed E-state index contributed by atoms with van der Waals surface area (Å²) in [7, 11) is 0. The van der Waals surface area contributed by atoms with Crippen molar-refractivity contribution < 1.29 is 14.6 Å². The maximum atomic E-state index is 10.9. The average Bonchev–Trinajstić information content (AvgIpc) is 2.41. The van der Waals surface area contributed by atoms with Crippen LogP contribution in [0.15, 0.2) is 36.5 Å². The third-order valence-electron chi connectivity index (χ3n) is 2.27. The van der Waals surface area contributed by atoms with Crippen molar-refractivity contribution in [2.24, 2.45) is 0 Å². The van der Waals surface area contributed by atoms with Crippen LogP contribution >= 0.6 is 11.6 Å². The van der Waals surface area contributed by atoms with Crippen molar-refractivity contribution >= 4 is 17.6 Å². The van der Waals surface area contributed by atoms with Crippen LogP contribution in [0.2, 0.25) is 5.02 Å². The summed E-state index contributed by atoms with van der Waals surface area (Å²) in [5, 5.41) is 18.0. The van der Waals surface area contributed by atoms with E-state index in [1.807, 2.05) is 6.07 Å². The van der Waals surface area contributed by atoms with E-state index in [-0.39, 0.29) is 27.8 Å². The molecule has 0 fully saturated rings. The van der Waals surface area contributed by atoms with Crippen LogP contribution in [0.5, 0.6) is 11.6 Å². The van der Waals surface area contributed by atoms with Crippen molar-refractivity contribution in [3.8, 4) is 17.7 Å². The van der Waals surface area contributed by atoms with Gasteiger partial charge in [0.15, 0.2) is 0 Å². The Labute approximate surface area is 113 Å². The molecule has 0 saturated heterocycles. The minimum Gasteiger partial charge on any atom is -0.478 e. The SMILES string of the molecule is N#Cc1cccnc1Oc1ccc(Cl)c(C(=O)O)c1. The fraction of sp³-hybridized carbons (Fsp3) is 0. The van der Waals surface area contributed by atoms with Gasteiger partial charge in [0, 0.05) is 6.20 Å². The molecule has 0 spiro atoms. The number of carbonyl (C=O) groups is 1. The summed E-state index contributed by atoms with van der Waals surface area (Å²) in [4.78, 5) is 14.9. The zero-order valence-electron chi connectivity index (χ0n) is 9.50. The molecule has 0 saturated carbocycles. The van der Waals surface area contributed by atoms with E-state index >= 15 is 0 Å². The molecule has 0 atom stereocenters. The number of aromatic carboxylic acids is 1. The third-order valence-corrected chi connectivity index (χ3v) is 2.60. The summed E-state index contributed by atoms with van der Waals surface area (Å²) in [6.45, 7) is 0. The molecule has 0 bridgehead atoms. The highest BCUT2D eigenvalue weighted by Crippen LogP contribution is 2.26. The lowest BCUT2D eigenvalue weighted by molar-refractivity contribution is 0.0696. The molecule has 0 aliphatic rings. The Hall–Kier alpha value is -2.58. The van der Waals surface area contributed by atoms with Gasteiger partial charge in [-0.15, -0.1) is 0 Å². The van der Waals surface area contributed by atoms with E-state index in [2.05, 4.69) is 4.98 Å². The zero-order chi connectivity index (χ0) is 13.8. The Morgan fingerprint density at radius 2 is 2.21 bits per heavy atom. The molecular formula is C13H7ClN2O3. The Morgan fingerprint density at radius 1 is 1.42 bits per heavy atom. The predicted octanol–water partition coefficient (Wildman–Crippen LogP) is 3.10. The molecular weight excluding hydrogens is 268 g/mol. The van der Waals surface area contributed by atoms with Crippen LogP contribution in [0.1, 0.15) is 15.9 Å². The second kappa shape index (κ2) is 5.38. The highest BCUT2D eigenvalue weighted by molar-refractivity contribution is 6.33. The van der Waals surface area contributed by atoms with E-state index in [9.17, 15) is 4.79 Å². The monoisotopic (exact) mass is 274 g/mol. The number of ether oxygens (including phenoxy) is 1. The summed E-state index contributed by atoms with van der Waals surface area (Å²) in [6.07, 6.45) is 1.48. The fourth-order valence-corrected chi connectivity index (χ4v) is 1.60. The molecule has 0 aliphatic heterocycles. The van der Waals surface area contributed by atoms with Crippen molar-refractivity contribution in [3.05, 3.63) is 52.7 Å². The molecule has 2 rings (SSSR count). The lowest BCUT2D eigenvalue weighted by Gasteiger charge is -2.07. The lowest BCUT2D eigenvalue weighted by atomic mass is 10.2. The van der Waals surface area contributed by atoms with Crippen LogP contribution in [0, 0.1) is 11.3 Å². The Bertz CT molecular complexity index is 680. The van der Waals surface area contributed by atoms with E-state index in [1.165, 1.54) is 24.4 Å². The maximum absolute atomic E-state index is 10.9. The van der Waals surface area contributed by atoms with Gasteiger partial charge >= 0.3 is 5.97 Å². The molecule has 19 heavy (non-hydrogen) atoms. The van der Waals surface area contributed by atoms with Gasteiger partial charge in [0.2, 0.25) is 5.88 Å². The first-order valence-corrected chi connectivity index (χ1v) is 5.55. The van der Waals surface area contributed by atoms with Gasteiger partial charge in [-0.3, -0.25) is 0 Å². The first-order chi connectivity index (χ1) is 9.11. The van der Waals surface area contributed by atoms with Gasteiger partial charge < -0.3 is 9.84 Å². The minimum atomic E-state index is -1.16. The van der Waals surface area contributed by atoms with Crippen LogP contribution in [-0.4, -0.2) is 16.1 Å². The molecule has 2 aromatic rings. The highest BCUT2D eigenvalue weighted by atomic mass is 35.5. The van der Waals surface area contributed by atoms with Crippen molar-refractivity contribution in [1.29, 1.82) is 5.26 Å². The minimum absolute atomic E-state index is 0.0754. The molecule has 0 aliphatic carbocycles. The Kier molecular flexibility index (Phi) is 3.64. The molecule has 5 nitrogen and oxygen atoms in total. The molecule has 0 radical (unpaired) electrons. The molecule has 0 unspecified atom stereocenters. The highest BCUT2D eigenvalue weighted by Gasteiger charge is 2.12. The van der Waals surface area contributed by atoms with E-state index in [4.69, 9.17) is 26.7 Å². The number of carboxylic acid groups (broad SMARTS) is 1. The molecule has 0 amide bonds. The molecule has 1 aromatic heterocycles. The number of pyridine rings is 1. The number of aromatic nitrogens is 1. The summed E-state index contributed by atoms with van der Waals surface area (Å²) in [5.41, 5.74) is 0.183. The van der Waals surface area contributed by atoms with Crippen LogP contribution in [0.4, 0.5) is 0 Å². The molecule has 94 valence electrons. The zero-order valence-corrected chi connectivity index (χ0v) is 10.3. The number of carboxylic acids is 1. The van der Waals surface area contributed by atoms with Crippen LogP contribution in [0.3, 0.4) is 0 Å². The van der Waals surface area contributed by atoms with Gasteiger partial charge in [-0.2, -0.15) is 5.26 Å². The van der Waals surface area contributed by atoms with Gasteiger partial charge in [-0.25, -0.2) is 9.78 Å². The first-order valence-electron chi connectivity index (χ1n) is 5.17. The van der Waals surface area contributed by atoms with Crippen molar-refractivity contribution in [2.45, 2.75) is 0 Å². The van der Waals surface area contributed by atoms with E-state index in [0.29, 0.717) is 0 Å². The predicted molar refractivity (Wildman–Crippen MR) is 67.4 cm³/mol. The Balaban J connectivity index is 2.37. The molecule has 1 heterocycles. The normalized spacial score (nSPS) is 9.68. The summed E-state index contributed by atoms with van der Waals surface area (Å²) in [6, 6.07) is 9.29. The number of hydrogen-bond acceptors (Lipinski definition) is 4. The van der Waals surface area contributed by atoms with E-state index in [1.54, 1.807) is 12.1 Å². The largest absolute Gasteiger partial charge is 0.478 e. The number of benzene rings is 1. The summed E-state index contributed by atoms with van der Waals surface area (Å²) >= 11 is 5.75. The van der Waals surface area contributed by atoms with Gasteiger partial charge in [-0.05, 0) is 30.3 Å². The number of hydrogen-bond donors (Lipinski definition) is 1. The van der Waals surface area contributed by atoms with Crippen LogP contribution < -0.4 is 4.74 Å². The first kappa shape index (κ1) is 12.9. The van der Waals surface area contributed by atoms with Crippen LogP contribution in [0.25, 0.3) is 0 Å². The van der Waals surface area contributed by atoms with Crippen molar-refractivity contribution in [2.75, 3.05) is 0 Å². The van der Waals surface area contributed by atoms with Crippen molar-refractivity contribution in [3.63, 3.8) is 0 Å². The lowest BCUT2D eigenvalue weighted by Crippen LogP contribution is -1.98. The summed E-state index contributed by atoms with van der Waals surface area (Å²) in [5.74, 6) is -0.794. The second-order valence-corrected chi connectivity index (χ2v) is 3.92. The number of nitriles is 1. The number of nitrogens with zero attached hydrogens (tertiary/aromatic N) is 2. The smallest absolute Gasteiger partial charge is 0.337 e. The molecule has 1 N–H and O–H groups in total. The topological polar surface area (TPSA) is 83.2 Å². The number of rotatable bonds is 3. The Morgan fingerprint density at radius 3 is 2.89 bits per heavy atom. The van der Waals surface area contributed by atoms with E-state index < -0.39 is 5.97 Å². The molecule has 1 aromatic carbocycles. The summed E-state index contributed by atoms with van der Waals surface area (Å²) < 4.78 is 5.39. The van der Waals surface area contributed by atoms with E-state index in [0.717, 1.165) is 0 Å². The van der Waals surface area contributed by atoms with Gasteiger partial charge in [-0.1, -0.05) is 11.6 Å². The fourth-order valence-electron chi connectivity index (χ4n) is 1.40.